The molecule has 7 atom stereocenters. The summed E-state index contributed by atoms with van der Waals surface area (Å²) in [6.07, 6.45) is 14.8. The monoisotopic (exact) mass is 306 g/mol. The van der Waals surface area contributed by atoms with Crippen molar-refractivity contribution in [2.75, 3.05) is 0 Å². The third-order valence-electron chi connectivity index (χ3n) is 7.58. The molecule has 0 amide bonds. The maximum absolute atomic E-state index is 2.60. The van der Waals surface area contributed by atoms with Crippen LogP contribution in [-0.4, -0.2) is 0 Å². The van der Waals surface area contributed by atoms with Crippen LogP contribution in [0.5, 0.6) is 0 Å². The molecule has 0 aliphatic heterocycles. The van der Waals surface area contributed by atoms with Crippen LogP contribution >= 0.6 is 0 Å². The third-order valence-corrected chi connectivity index (χ3v) is 7.58. The topological polar surface area (TPSA) is 0 Å². The number of hydrogen-bond acceptors (Lipinski definition) is 0. The van der Waals surface area contributed by atoms with E-state index in [1.54, 1.807) is 12.8 Å². The van der Waals surface area contributed by atoms with Crippen LogP contribution in [0.25, 0.3) is 0 Å². The molecule has 2 aliphatic carbocycles. The van der Waals surface area contributed by atoms with Crippen molar-refractivity contribution in [3.8, 4) is 0 Å². The van der Waals surface area contributed by atoms with E-state index in [1.165, 1.54) is 51.4 Å². The first-order valence-electron chi connectivity index (χ1n) is 10.7. The third kappa shape index (κ3) is 3.90. The summed E-state index contributed by atoms with van der Waals surface area (Å²) in [5, 5.41) is 0. The Hall–Kier alpha value is 0. The Morgan fingerprint density at radius 2 is 1.45 bits per heavy atom. The maximum atomic E-state index is 2.60. The van der Waals surface area contributed by atoms with Crippen LogP contribution in [-0.2, 0) is 0 Å². The summed E-state index contributed by atoms with van der Waals surface area (Å²) < 4.78 is 0. The fraction of sp³-hybridized carbons (Fsp3) is 1.00. The largest absolute Gasteiger partial charge is 0.0654 e. The zero-order valence-corrected chi connectivity index (χ0v) is 16.1. The standard InChI is InChI=1S/C22H42/c1-6-10-17-12-13-18-15-22(19(14-17)11-7-2)21(9-4)20(8-3)16(18)5/h16-22H,6-15H2,1-5H3. The fourth-order valence-corrected chi connectivity index (χ4v) is 6.54. The molecule has 0 aromatic rings. The Kier molecular flexibility index (Phi) is 7.29. The molecule has 2 bridgehead atoms. The molecule has 0 N–H and O–H groups in total. The Bertz CT molecular complexity index is 307. The highest BCUT2D eigenvalue weighted by atomic mass is 14.5. The van der Waals surface area contributed by atoms with Crippen molar-refractivity contribution in [3.63, 3.8) is 0 Å². The molecular weight excluding hydrogens is 264 g/mol. The first-order chi connectivity index (χ1) is 10.7. The van der Waals surface area contributed by atoms with E-state index in [4.69, 9.17) is 0 Å². The van der Waals surface area contributed by atoms with Gasteiger partial charge in [0.15, 0.2) is 0 Å². The van der Waals surface area contributed by atoms with Gasteiger partial charge in [0.2, 0.25) is 0 Å². The molecule has 2 fully saturated rings. The molecule has 0 radical (unpaired) electrons. The minimum atomic E-state index is 0.980. The number of fused-ring (bicyclic) bond motifs is 2. The number of rotatable bonds is 6. The maximum Gasteiger partial charge on any atom is -0.0352 e. The first-order valence-corrected chi connectivity index (χ1v) is 10.7. The molecule has 0 heterocycles. The van der Waals surface area contributed by atoms with E-state index in [0.717, 1.165) is 41.4 Å². The molecule has 0 aromatic carbocycles. The van der Waals surface area contributed by atoms with Crippen LogP contribution in [0.1, 0.15) is 98.8 Å². The molecular formula is C22H42. The van der Waals surface area contributed by atoms with Gasteiger partial charge >= 0.3 is 0 Å². The van der Waals surface area contributed by atoms with E-state index in [-0.39, 0.29) is 0 Å². The summed E-state index contributed by atoms with van der Waals surface area (Å²) >= 11 is 0. The van der Waals surface area contributed by atoms with Crippen molar-refractivity contribution in [3.05, 3.63) is 0 Å². The van der Waals surface area contributed by atoms with Crippen LogP contribution in [0.15, 0.2) is 0 Å². The summed E-state index contributed by atoms with van der Waals surface area (Å²) in [7, 11) is 0. The smallest absolute Gasteiger partial charge is 0.0352 e. The molecule has 2 aliphatic rings. The van der Waals surface area contributed by atoms with E-state index in [0.29, 0.717) is 0 Å². The minimum absolute atomic E-state index is 0.980. The first kappa shape index (κ1) is 18.3. The average Bonchev–Trinajstić information content (AvgIpc) is 2.50. The predicted octanol–water partition coefficient (Wildman–Crippen LogP) is 7.33. The molecule has 0 spiro atoms. The van der Waals surface area contributed by atoms with Gasteiger partial charge in [0, 0.05) is 0 Å². The van der Waals surface area contributed by atoms with E-state index in [1.807, 2.05) is 0 Å². The molecule has 7 unspecified atom stereocenters. The summed E-state index contributed by atoms with van der Waals surface area (Å²) in [5.74, 6) is 7.18. The Labute approximate surface area is 140 Å². The van der Waals surface area contributed by atoms with E-state index in [9.17, 15) is 0 Å². The highest BCUT2D eigenvalue weighted by molar-refractivity contribution is 4.94. The van der Waals surface area contributed by atoms with Crippen LogP contribution in [0.2, 0.25) is 0 Å². The minimum Gasteiger partial charge on any atom is -0.0654 e. The van der Waals surface area contributed by atoms with Gasteiger partial charge in [-0.3, -0.25) is 0 Å². The highest BCUT2D eigenvalue weighted by Crippen LogP contribution is 2.53. The Balaban J connectivity index is 2.23. The molecule has 2 rings (SSSR count). The van der Waals surface area contributed by atoms with Crippen molar-refractivity contribution >= 4 is 0 Å². The van der Waals surface area contributed by atoms with Gasteiger partial charge < -0.3 is 0 Å². The molecule has 0 nitrogen and oxygen atoms in total. The van der Waals surface area contributed by atoms with Crippen LogP contribution in [0.4, 0.5) is 0 Å². The van der Waals surface area contributed by atoms with Gasteiger partial charge in [-0.1, -0.05) is 79.6 Å². The van der Waals surface area contributed by atoms with Crippen molar-refractivity contribution in [1.82, 2.24) is 0 Å². The highest BCUT2D eigenvalue weighted by Gasteiger charge is 2.44. The van der Waals surface area contributed by atoms with Crippen molar-refractivity contribution in [2.24, 2.45) is 41.4 Å². The van der Waals surface area contributed by atoms with Crippen molar-refractivity contribution in [2.45, 2.75) is 98.8 Å². The van der Waals surface area contributed by atoms with Gasteiger partial charge in [-0.05, 0) is 60.7 Å². The van der Waals surface area contributed by atoms with Gasteiger partial charge in [0.25, 0.3) is 0 Å². The zero-order valence-electron chi connectivity index (χ0n) is 16.1. The lowest BCUT2D eigenvalue weighted by atomic mass is 9.54. The molecule has 0 aromatic heterocycles. The molecule has 0 saturated heterocycles. The lowest BCUT2D eigenvalue weighted by molar-refractivity contribution is -0.0158. The summed E-state index contributed by atoms with van der Waals surface area (Å²) in [5.41, 5.74) is 0. The quantitative estimate of drug-likeness (QED) is 0.482. The molecule has 2 saturated carbocycles. The van der Waals surface area contributed by atoms with Crippen molar-refractivity contribution in [1.29, 1.82) is 0 Å². The van der Waals surface area contributed by atoms with Crippen molar-refractivity contribution < 1.29 is 0 Å². The second-order valence-corrected chi connectivity index (χ2v) is 8.68. The van der Waals surface area contributed by atoms with Gasteiger partial charge in [-0.15, -0.1) is 0 Å². The SMILES string of the molecule is CCCC1CCC2CC(C(CCC)C1)C(CC)C(CC)C2C. The van der Waals surface area contributed by atoms with E-state index < -0.39 is 0 Å². The Morgan fingerprint density at radius 3 is 2.05 bits per heavy atom. The predicted molar refractivity (Wildman–Crippen MR) is 99.0 cm³/mol. The van der Waals surface area contributed by atoms with Gasteiger partial charge in [0.1, 0.15) is 0 Å². The second kappa shape index (κ2) is 8.74. The van der Waals surface area contributed by atoms with Gasteiger partial charge in [0.05, 0.1) is 0 Å². The van der Waals surface area contributed by atoms with E-state index >= 15 is 0 Å². The Morgan fingerprint density at radius 1 is 0.773 bits per heavy atom. The fourth-order valence-electron chi connectivity index (χ4n) is 6.54. The number of hydrogen-bond donors (Lipinski definition) is 0. The second-order valence-electron chi connectivity index (χ2n) is 8.68. The molecule has 130 valence electrons. The summed E-state index contributed by atoms with van der Waals surface area (Å²) in [4.78, 5) is 0. The van der Waals surface area contributed by atoms with Crippen LogP contribution in [0.3, 0.4) is 0 Å². The van der Waals surface area contributed by atoms with Crippen LogP contribution in [0, 0.1) is 41.4 Å². The molecule has 0 heteroatoms. The normalized spacial score (nSPS) is 42.7. The summed E-state index contributed by atoms with van der Waals surface area (Å²) in [6.45, 7) is 12.3. The average molecular weight is 307 g/mol. The van der Waals surface area contributed by atoms with E-state index in [2.05, 4.69) is 34.6 Å². The van der Waals surface area contributed by atoms with Crippen LogP contribution < -0.4 is 0 Å². The lowest BCUT2D eigenvalue weighted by Gasteiger charge is -2.51. The zero-order chi connectivity index (χ0) is 16.1. The lowest BCUT2D eigenvalue weighted by Crippen LogP contribution is -2.43. The molecule has 22 heavy (non-hydrogen) atoms. The summed E-state index contributed by atoms with van der Waals surface area (Å²) in [6, 6.07) is 0. The van der Waals surface area contributed by atoms with Gasteiger partial charge in [-0.25, -0.2) is 0 Å². The van der Waals surface area contributed by atoms with Gasteiger partial charge in [-0.2, -0.15) is 0 Å².